The molecule has 1 aromatic rings. The molecule has 0 fully saturated rings. The SMILES string of the molecule is CCOc1nccc(C(=O)OC)n1. The van der Waals surface area contributed by atoms with E-state index in [1.807, 2.05) is 6.92 Å². The molecule has 0 saturated carbocycles. The normalized spacial score (nSPS) is 9.38. The number of methoxy groups -OCH3 is 1. The Balaban J connectivity index is 2.85. The highest BCUT2D eigenvalue weighted by Crippen LogP contribution is 2.03. The third-order valence-corrected chi connectivity index (χ3v) is 1.30. The van der Waals surface area contributed by atoms with Crippen LogP contribution in [0.3, 0.4) is 0 Å². The molecular weight excluding hydrogens is 172 g/mol. The van der Waals surface area contributed by atoms with Crippen molar-refractivity contribution in [3.05, 3.63) is 18.0 Å². The molecule has 0 aliphatic rings. The third-order valence-electron chi connectivity index (χ3n) is 1.30. The summed E-state index contributed by atoms with van der Waals surface area (Å²) >= 11 is 0. The molecule has 5 heteroatoms. The van der Waals surface area contributed by atoms with Gasteiger partial charge in [-0.2, -0.15) is 4.98 Å². The van der Waals surface area contributed by atoms with Gasteiger partial charge in [0.1, 0.15) is 0 Å². The van der Waals surface area contributed by atoms with Crippen molar-refractivity contribution in [3.63, 3.8) is 0 Å². The van der Waals surface area contributed by atoms with Gasteiger partial charge in [0.25, 0.3) is 0 Å². The van der Waals surface area contributed by atoms with Crippen molar-refractivity contribution in [2.24, 2.45) is 0 Å². The summed E-state index contributed by atoms with van der Waals surface area (Å²) in [5.41, 5.74) is 0.195. The van der Waals surface area contributed by atoms with Gasteiger partial charge < -0.3 is 9.47 Å². The summed E-state index contributed by atoms with van der Waals surface area (Å²) in [5, 5.41) is 0. The Hall–Kier alpha value is -1.65. The van der Waals surface area contributed by atoms with Crippen LogP contribution in [0.2, 0.25) is 0 Å². The predicted octanol–water partition coefficient (Wildman–Crippen LogP) is 0.662. The number of ether oxygens (including phenoxy) is 2. The van der Waals surface area contributed by atoms with Crippen molar-refractivity contribution in [1.29, 1.82) is 0 Å². The van der Waals surface area contributed by atoms with E-state index in [1.54, 1.807) is 0 Å². The van der Waals surface area contributed by atoms with Crippen LogP contribution in [0, 0.1) is 0 Å². The summed E-state index contributed by atoms with van der Waals surface area (Å²) in [4.78, 5) is 18.6. The van der Waals surface area contributed by atoms with Crippen LogP contribution >= 0.6 is 0 Å². The maximum atomic E-state index is 11.0. The first-order valence-corrected chi connectivity index (χ1v) is 3.82. The molecule has 5 nitrogen and oxygen atoms in total. The van der Waals surface area contributed by atoms with Crippen LogP contribution in [-0.2, 0) is 4.74 Å². The standard InChI is InChI=1S/C8H10N2O3/c1-3-13-8-9-5-4-6(10-8)7(11)12-2/h4-5H,3H2,1-2H3. The summed E-state index contributed by atoms with van der Waals surface area (Å²) in [6.07, 6.45) is 1.45. The zero-order valence-electron chi connectivity index (χ0n) is 7.48. The number of rotatable bonds is 3. The van der Waals surface area contributed by atoms with E-state index in [0.29, 0.717) is 6.61 Å². The van der Waals surface area contributed by atoms with Gasteiger partial charge in [0, 0.05) is 6.20 Å². The molecule has 0 aliphatic carbocycles. The molecule has 0 atom stereocenters. The molecule has 0 aromatic carbocycles. The van der Waals surface area contributed by atoms with Crippen LogP contribution in [0.5, 0.6) is 6.01 Å². The lowest BCUT2D eigenvalue weighted by Gasteiger charge is -2.01. The Bertz CT molecular complexity index is 301. The lowest BCUT2D eigenvalue weighted by atomic mass is 10.4. The zero-order valence-corrected chi connectivity index (χ0v) is 7.48. The summed E-state index contributed by atoms with van der Waals surface area (Å²) in [5.74, 6) is -0.497. The van der Waals surface area contributed by atoms with E-state index in [0.717, 1.165) is 0 Å². The van der Waals surface area contributed by atoms with Gasteiger partial charge in [0.2, 0.25) is 0 Å². The Morgan fingerprint density at radius 3 is 3.00 bits per heavy atom. The third kappa shape index (κ3) is 2.40. The van der Waals surface area contributed by atoms with E-state index >= 15 is 0 Å². The molecule has 1 heterocycles. The average Bonchev–Trinajstić information content (AvgIpc) is 2.18. The van der Waals surface area contributed by atoms with Crippen LogP contribution in [0.15, 0.2) is 12.3 Å². The molecule has 70 valence electrons. The Morgan fingerprint density at radius 1 is 1.62 bits per heavy atom. The van der Waals surface area contributed by atoms with Gasteiger partial charge in [0.15, 0.2) is 5.69 Å². The first-order valence-electron chi connectivity index (χ1n) is 3.82. The summed E-state index contributed by atoms with van der Waals surface area (Å²) in [6.45, 7) is 2.28. The van der Waals surface area contributed by atoms with E-state index in [9.17, 15) is 4.79 Å². The number of carbonyl (C=O) groups is 1. The van der Waals surface area contributed by atoms with Crippen molar-refractivity contribution in [3.8, 4) is 6.01 Å². The lowest BCUT2D eigenvalue weighted by Crippen LogP contribution is -2.06. The van der Waals surface area contributed by atoms with Crippen LogP contribution in [0.4, 0.5) is 0 Å². The fraction of sp³-hybridized carbons (Fsp3) is 0.375. The average molecular weight is 182 g/mol. The van der Waals surface area contributed by atoms with Crippen LogP contribution < -0.4 is 4.74 Å². The lowest BCUT2D eigenvalue weighted by molar-refractivity contribution is 0.0592. The maximum Gasteiger partial charge on any atom is 0.356 e. The minimum Gasteiger partial charge on any atom is -0.464 e. The fourth-order valence-electron chi connectivity index (χ4n) is 0.758. The monoisotopic (exact) mass is 182 g/mol. The zero-order chi connectivity index (χ0) is 9.68. The van der Waals surface area contributed by atoms with Gasteiger partial charge in [-0.25, -0.2) is 9.78 Å². The number of carbonyl (C=O) groups excluding carboxylic acids is 1. The fourth-order valence-corrected chi connectivity index (χ4v) is 0.758. The quantitative estimate of drug-likeness (QED) is 0.642. The maximum absolute atomic E-state index is 11.0. The molecule has 0 aliphatic heterocycles. The first-order chi connectivity index (χ1) is 6.27. The van der Waals surface area contributed by atoms with Crippen molar-refractivity contribution in [2.45, 2.75) is 6.92 Å². The van der Waals surface area contributed by atoms with Crippen molar-refractivity contribution >= 4 is 5.97 Å². The number of esters is 1. The van der Waals surface area contributed by atoms with Gasteiger partial charge in [0.05, 0.1) is 13.7 Å². The van der Waals surface area contributed by atoms with E-state index < -0.39 is 5.97 Å². The highest BCUT2D eigenvalue weighted by atomic mass is 16.5. The smallest absolute Gasteiger partial charge is 0.356 e. The molecule has 0 saturated heterocycles. The van der Waals surface area contributed by atoms with Crippen LogP contribution in [0.1, 0.15) is 17.4 Å². The highest BCUT2D eigenvalue weighted by Gasteiger charge is 2.08. The Kier molecular flexibility index (Phi) is 3.19. The Morgan fingerprint density at radius 2 is 2.38 bits per heavy atom. The molecule has 1 rings (SSSR count). The second-order valence-electron chi connectivity index (χ2n) is 2.15. The van der Waals surface area contributed by atoms with Crippen LogP contribution in [-0.4, -0.2) is 29.7 Å². The van der Waals surface area contributed by atoms with E-state index in [2.05, 4.69) is 14.7 Å². The molecule has 0 unspecified atom stereocenters. The summed E-state index contributed by atoms with van der Waals surface area (Å²) in [6, 6.07) is 1.65. The van der Waals surface area contributed by atoms with E-state index in [4.69, 9.17) is 4.74 Å². The molecule has 0 amide bonds. The second-order valence-corrected chi connectivity index (χ2v) is 2.15. The minimum atomic E-state index is -0.497. The van der Waals surface area contributed by atoms with Crippen molar-refractivity contribution in [1.82, 2.24) is 9.97 Å². The second kappa shape index (κ2) is 4.39. The Labute approximate surface area is 75.7 Å². The number of nitrogens with zero attached hydrogens (tertiary/aromatic N) is 2. The van der Waals surface area contributed by atoms with Gasteiger partial charge in [-0.1, -0.05) is 0 Å². The largest absolute Gasteiger partial charge is 0.464 e. The molecule has 0 spiro atoms. The molecule has 0 radical (unpaired) electrons. The first kappa shape index (κ1) is 9.44. The molecule has 1 aromatic heterocycles. The summed E-state index contributed by atoms with van der Waals surface area (Å²) in [7, 11) is 1.30. The van der Waals surface area contributed by atoms with Gasteiger partial charge in [-0.05, 0) is 13.0 Å². The topological polar surface area (TPSA) is 61.3 Å². The molecular formula is C8H10N2O3. The van der Waals surface area contributed by atoms with Gasteiger partial charge in [-0.15, -0.1) is 0 Å². The summed E-state index contributed by atoms with van der Waals surface area (Å²) < 4.78 is 9.50. The molecule has 0 N–H and O–H groups in total. The van der Waals surface area contributed by atoms with Crippen molar-refractivity contribution in [2.75, 3.05) is 13.7 Å². The number of aromatic nitrogens is 2. The molecule has 13 heavy (non-hydrogen) atoms. The number of hydrogen-bond donors (Lipinski definition) is 0. The van der Waals surface area contributed by atoms with E-state index in [-0.39, 0.29) is 11.7 Å². The van der Waals surface area contributed by atoms with Gasteiger partial charge >= 0.3 is 12.0 Å². The molecule has 0 bridgehead atoms. The van der Waals surface area contributed by atoms with Gasteiger partial charge in [-0.3, -0.25) is 0 Å². The minimum absolute atomic E-state index is 0.186. The van der Waals surface area contributed by atoms with E-state index in [1.165, 1.54) is 19.4 Å². The number of hydrogen-bond acceptors (Lipinski definition) is 5. The van der Waals surface area contributed by atoms with Crippen molar-refractivity contribution < 1.29 is 14.3 Å². The highest BCUT2D eigenvalue weighted by molar-refractivity contribution is 5.86. The predicted molar refractivity (Wildman–Crippen MR) is 44.5 cm³/mol. The van der Waals surface area contributed by atoms with Crippen LogP contribution in [0.25, 0.3) is 0 Å².